The van der Waals surface area contributed by atoms with E-state index in [1.54, 1.807) is 62.4 Å². The third-order valence-corrected chi connectivity index (χ3v) is 7.58. The second-order valence-corrected chi connectivity index (χ2v) is 11.2. The number of nitrogens with one attached hydrogen (secondary N) is 3. The van der Waals surface area contributed by atoms with E-state index in [1.165, 1.54) is 19.4 Å². The predicted molar refractivity (Wildman–Crippen MR) is 171 cm³/mol. The van der Waals surface area contributed by atoms with Crippen molar-refractivity contribution in [3.8, 4) is 17.2 Å². The molecule has 4 rings (SSSR count). The largest absolute Gasteiger partial charge is 0.493 e. The molecule has 11 nitrogen and oxygen atoms in total. The molecule has 0 radical (unpaired) electrons. The van der Waals surface area contributed by atoms with Gasteiger partial charge in [0.1, 0.15) is 18.2 Å². The van der Waals surface area contributed by atoms with Gasteiger partial charge in [-0.3, -0.25) is 4.79 Å². The van der Waals surface area contributed by atoms with E-state index in [4.69, 9.17) is 18.9 Å². The van der Waals surface area contributed by atoms with Crippen LogP contribution in [0.1, 0.15) is 36.6 Å². The summed E-state index contributed by atoms with van der Waals surface area (Å²) in [5, 5.41) is 9.29. The third-order valence-electron chi connectivity index (χ3n) is 6.40. The fourth-order valence-electron chi connectivity index (χ4n) is 4.32. The van der Waals surface area contributed by atoms with E-state index in [1.807, 2.05) is 0 Å². The van der Waals surface area contributed by atoms with Gasteiger partial charge in [0.15, 0.2) is 18.1 Å². The maximum atomic E-state index is 13.9. The van der Waals surface area contributed by atoms with Crippen molar-refractivity contribution in [2.75, 3.05) is 20.3 Å². The first kappa shape index (κ1) is 33.5. The number of methoxy groups -OCH3 is 1. The number of allylic oxidation sites excluding steroid dienone is 1. The van der Waals surface area contributed by atoms with Crippen LogP contribution >= 0.6 is 31.9 Å². The molecule has 0 aromatic heterocycles. The molecule has 236 valence electrons. The highest BCUT2D eigenvalue weighted by atomic mass is 79.9. The van der Waals surface area contributed by atoms with Gasteiger partial charge in [0.05, 0.1) is 40.5 Å². The molecule has 1 atom stereocenters. The standard InChI is InChI=1S/C31H29Br2FN4O7/c1-4-43-30(40)27-17(2)36-31(41)37-28(27)19-9-10-24(25(13-19)42-3)44-16-26(39)38-35-14-18-11-21(32)29(22(33)12-18)45-15-20-7-5-6-8-23(20)34/h5-14,28H,4,15-16H2,1-3H3,(H,38,39)(H2,36,37,41)/b35-14-/t28-/m0/s1. The molecule has 3 aromatic rings. The van der Waals surface area contributed by atoms with Crippen molar-refractivity contribution < 1.29 is 37.7 Å². The van der Waals surface area contributed by atoms with Gasteiger partial charge in [-0.15, -0.1) is 0 Å². The fraction of sp³-hybridized carbons (Fsp3) is 0.226. The summed E-state index contributed by atoms with van der Waals surface area (Å²) in [5.41, 5.74) is 4.64. The average molecular weight is 748 g/mol. The molecule has 14 heteroatoms. The quantitative estimate of drug-likeness (QED) is 0.124. The Morgan fingerprint density at radius 2 is 1.80 bits per heavy atom. The molecular weight excluding hydrogens is 719 g/mol. The summed E-state index contributed by atoms with van der Waals surface area (Å²) in [4.78, 5) is 37.2. The Morgan fingerprint density at radius 1 is 1.07 bits per heavy atom. The van der Waals surface area contributed by atoms with Crippen LogP contribution in [0.2, 0.25) is 0 Å². The summed E-state index contributed by atoms with van der Waals surface area (Å²) >= 11 is 6.90. The maximum absolute atomic E-state index is 13.9. The fourth-order valence-corrected chi connectivity index (χ4v) is 5.77. The molecule has 0 aliphatic carbocycles. The Balaban J connectivity index is 1.36. The number of urea groups is 1. The number of amides is 3. The second kappa shape index (κ2) is 15.5. The summed E-state index contributed by atoms with van der Waals surface area (Å²) in [7, 11) is 1.43. The van der Waals surface area contributed by atoms with Gasteiger partial charge in [0.2, 0.25) is 0 Å². The van der Waals surface area contributed by atoms with E-state index in [-0.39, 0.29) is 42.7 Å². The van der Waals surface area contributed by atoms with Crippen LogP contribution in [0.5, 0.6) is 17.2 Å². The lowest BCUT2D eigenvalue weighted by atomic mass is 9.95. The highest BCUT2D eigenvalue weighted by molar-refractivity contribution is 9.11. The Hall–Kier alpha value is -4.43. The molecule has 0 saturated heterocycles. The first-order chi connectivity index (χ1) is 21.6. The first-order valence-corrected chi connectivity index (χ1v) is 15.1. The van der Waals surface area contributed by atoms with Gasteiger partial charge >= 0.3 is 12.0 Å². The van der Waals surface area contributed by atoms with E-state index >= 15 is 0 Å². The third kappa shape index (κ3) is 8.60. The number of rotatable bonds is 12. The van der Waals surface area contributed by atoms with Gasteiger partial charge < -0.3 is 29.6 Å². The van der Waals surface area contributed by atoms with Gasteiger partial charge in [-0.25, -0.2) is 19.4 Å². The molecule has 1 heterocycles. The van der Waals surface area contributed by atoms with Crippen LogP contribution in [-0.2, 0) is 20.9 Å². The lowest BCUT2D eigenvalue weighted by Crippen LogP contribution is -2.45. The maximum Gasteiger partial charge on any atom is 0.338 e. The number of esters is 1. The lowest BCUT2D eigenvalue weighted by Gasteiger charge is -2.28. The minimum absolute atomic E-state index is 0.0425. The molecule has 0 bridgehead atoms. The summed E-state index contributed by atoms with van der Waals surface area (Å²) < 4.78 is 37.2. The molecule has 0 saturated carbocycles. The zero-order valence-electron chi connectivity index (χ0n) is 24.4. The van der Waals surface area contributed by atoms with Crippen molar-refractivity contribution in [3.05, 3.63) is 97.3 Å². The summed E-state index contributed by atoms with van der Waals surface area (Å²) in [6.45, 7) is 3.15. The first-order valence-electron chi connectivity index (χ1n) is 13.5. The van der Waals surface area contributed by atoms with Gasteiger partial charge in [0, 0.05) is 11.3 Å². The SMILES string of the molecule is CCOC(=O)C1=C(C)NC(=O)N[C@H]1c1ccc(OCC(=O)N/N=C\c2cc(Br)c(OCc3ccccc3F)c(Br)c2)c(OC)c1. The number of carbonyl (C=O) groups excluding carboxylic acids is 3. The van der Waals surface area contributed by atoms with Crippen LogP contribution in [0.3, 0.4) is 0 Å². The predicted octanol–water partition coefficient (Wildman–Crippen LogP) is 5.66. The minimum Gasteiger partial charge on any atom is -0.493 e. The van der Waals surface area contributed by atoms with Gasteiger partial charge in [-0.2, -0.15) is 5.10 Å². The summed E-state index contributed by atoms with van der Waals surface area (Å²) in [6.07, 6.45) is 1.44. The summed E-state index contributed by atoms with van der Waals surface area (Å²) in [6, 6.07) is 13.4. The topological polar surface area (TPSA) is 137 Å². The van der Waals surface area contributed by atoms with Crippen molar-refractivity contribution in [1.82, 2.24) is 16.1 Å². The number of benzene rings is 3. The minimum atomic E-state index is -0.786. The van der Waals surface area contributed by atoms with Crippen LogP contribution in [0.15, 0.2) is 79.9 Å². The molecular formula is C31H29Br2FN4O7. The highest BCUT2D eigenvalue weighted by Crippen LogP contribution is 2.36. The van der Waals surface area contributed by atoms with E-state index in [2.05, 4.69) is 53.0 Å². The number of nitrogens with zero attached hydrogens (tertiary/aromatic N) is 1. The number of halogens is 3. The molecule has 3 N–H and O–H groups in total. The zero-order chi connectivity index (χ0) is 32.5. The molecule has 3 amide bonds. The van der Waals surface area contributed by atoms with E-state index in [9.17, 15) is 18.8 Å². The lowest BCUT2D eigenvalue weighted by molar-refractivity contribution is -0.139. The van der Waals surface area contributed by atoms with Crippen LogP contribution in [0, 0.1) is 5.82 Å². The average Bonchev–Trinajstić information content (AvgIpc) is 3.00. The molecule has 45 heavy (non-hydrogen) atoms. The van der Waals surface area contributed by atoms with Crippen LogP contribution in [0.4, 0.5) is 9.18 Å². The Kier molecular flexibility index (Phi) is 11.5. The number of hydrogen-bond donors (Lipinski definition) is 3. The Bertz CT molecular complexity index is 1640. The van der Waals surface area contributed by atoms with Crippen LogP contribution in [-0.4, -0.2) is 44.4 Å². The van der Waals surface area contributed by atoms with Crippen molar-refractivity contribution in [2.24, 2.45) is 5.10 Å². The summed E-state index contributed by atoms with van der Waals surface area (Å²) in [5.74, 6) is -0.421. The van der Waals surface area contributed by atoms with Crippen molar-refractivity contribution in [3.63, 3.8) is 0 Å². The number of hydrogen-bond acceptors (Lipinski definition) is 8. The van der Waals surface area contributed by atoms with Crippen LogP contribution in [0.25, 0.3) is 0 Å². The van der Waals surface area contributed by atoms with Crippen molar-refractivity contribution in [1.29, 1.82) is 0 Å². The smallest absolute Gasteiger partial charge is 0.338 e. The normalized spacial score (nSPS) is 14.4. The van der Waals surface area contributed by atoms with E-state index < -0.39 is 23.9 Å². The van der Waals surface area contributed by atoms with Crippen molar-refractivity contribution >= 4 is 56.0 Å². The highest BCUT2D eigenvalue weighted by Gasteiger charge is 2.32. The van der Waals surface area contributed by atoms with Crippen molar-refractivity contribution in [2.45, 2.75) is 26.5 Å². The van der Waals surface area contributed by atoms with E-state index in [0.29, 0.717) is 37.1 Å². The van der Waals surface area contributed by atoms with Gasteiger partial charge in [-0.1, -0.05) is 24.3 Å². The van der Waals surface area contributed by atoms with Crippen LogP contribution < -0.4 is 30.3 Å². The second-order valence-electron chi connectivity index (χ2n) is 9.48. The van der Waals surface area contributed by atoms with E-state index in [0.717, 1.165) is 0 Å². The molecule has 1 aliphatic heterocycles. The number of ether oxygens (including phenoxy) is 4. The molecule has 0 spiro atoms. The van der Waals surface area contributed by atoms with Gasteiger partial charge in [-0.05, 0) is 87.2 Å². The number of carbonyl (C=O) groups is 3. The van der Waals surface area contributed by atoms with Gasteiger partial charge in [0.25, 0.3) is 5.91 Å². The molecule has 3 aromatic carbocycles. The monoisotopic (exact) mass is 746 g/mol. The Morgan fingerprint density at radius 3 is 2.49 bits per heavy atom. The molecule has 0 fully saturated rings. The number of hydrazone groups is 1. The molecule has 0 unspecified atom stereocenters. The zero-order valence-corrected chi connectivity index (χ0v) is 27.6. The molecule has 1 aliphatic rings. The Labute approximate surface area is 275 Å².